The molecular weight excluding hydrogens is 177 g/mol. The van der Waals surface area contributed by atoms with Crippen molar-refractivity contribution in [3.8, 4) is 6.07 Å². The standard InChI is InChI=1S/C7H13NSe/c1-2-3-6-9-7-4-5-8/h2-4,6-7H2,1H3. The first-order valence-electron chi connectivity index (χ1n) is 3.36. The van der Waals surface area contributed by atoms with E-state index in [1.165, 1.54) is 18.2 Å². The second-order valence-electron chi connectivity index (χ2n) is 1.87. The summed E-state index contributed by atoms with van der Waals surface area (Å²) in [6.45, 7) is 2.21. The van der Waals surface area contributed by atoms with Gasteiger partial charge in [0.1, 0.15) is 0 Å². The molecule has 0 saturated heterocycles. The van der Waals surface area contributed by atoms with Crippen LogP contribution in [-0.4, -0.2) is 15.0 Å². The first-order chi connectivity index (χ1) is 4.41. The number of hydrogen-bond donors (Lipinski definition) is 0. The van der Waals surface area contributed by atoms with Crippen LogP contribution in [0.5, 0.6) is 0 Å². The summed E-state index contributed by atoms with van der Waals surface area (Å²) in [7, 11) is 0. The van der Waals surface area contributed by atoms with Gasteiger partial charge in [-0.15, -0.1) is 0 Å². The molecule has 9 heavy (non-hydrogen) atoms. The van der Waals surface area contributed by atoms with Gasteiger partial charge >= 0.3 is 63.1 Å². The average molecular weight is 190 g/mol. The van der Waals surface area contributed by atoms with Gasteiger partial charge in [0.05, 0.1) is 0 Å². The minimum absolute atomic E-state index is 0.756. The van der Waals surface area contributed by atoms with Crippen LogP contribution in [0.4, 0.5) is 0 Å². The van der Waals surface area contributed by atoms with E-state index in [2.05, 4.69) is 13.0 Å². The van der Waals surface area contributed by atoms with Crippen LogP contribution >= 0.6 is 0 Å². The molecule has 0 fully saturated rings. The molecule has 0 amide bonds. The summed E-state index contributed by atoms with van der Waals surface area (Å²) in [5, 5.41) is 10.7. The Bertz CT molecular complexity index is 85.4. The minimum atomic E-state index is 0.756. The molecule has 0 aromatic heterocycles. The quantitative estimate of drug-likeness (QED) is 0.481. The van der Waals surface area contributed by atoms with Crippen molar-refractivity contribution in [1.82, 2.24) is 0 Å². The predicted octanol–water partition coefficient (Wildman–Crippen LogP) is 2.24. The Morgan fingerprint density at radius 2 is 2.22 bits per heavy atom. The molecule has 0 bridgehead atoms. The number of nitriles is 1. The maximum absolute atomic E-state index is 8.18. The molecule has 0 atom stereocenters. The van der Waals surface area contributed by atoms with Crippen LogP contribution in [0.25, 0.3) is 0 Å². The topological polar surface area (TPSA) is 23.8 Å². The van der Waals surface area contributed by atoms with E-state index in [0.717, 1.165) is 26.7 Å². The summed E-state index contributed by atoms with van der Waals surface area (Å²) < 4.78 is 0. The molecule has 1 nitrogen and oxygen atoms in total. The first kappa shape index (κ1) is 9.01. The van der Waals surface area contributed by atoms with Crippen LogP contribution < -0.4 is 0 Å². The van der Waals surface area contributed by atoms with Crippen molar-refractivity contribution in [3.63, 3.8) is 0 Å². The second-order valence-corrected chi connectivity index (χ2v) is 4.44. The van der Waals surface area contributed by atoms with Gasteiger partial charge < -0.3 is 0 Å². The molecule has 0 aromatic rings. The van der Waals surface area contributed by atoms with E-state index in [1.807, 2.05) is 0 Å². The SMILES string of the molecule is CCCC[Se]CCC#N. The molecule has 52 valence electrons. The number of unbranched alkanes of at least 4 members (excludes halogenated alkanes) is 1. The van der Waals surface area contributed by atoms with Gasteiger partial charge in [-0.25, -0.2) is 0 Å². The molecular formula is C7H13NSe. The molecule has 0 spiro atoms. The molecule has 0 heterocycles. The third-order valence-corrected chi connectivity index (χ3v) is 3.25. The third kappa shape index (κ3) is 8.01. The van der Waals surface area contributed by atoms with Gasteiger partial charge in [-0.2, -0.15) is 0 Å². The molecule has 2 heteroatoms. The van der Waals surface area contributed by atoms with E-state index in [9.17, 15) is 0 Å². The van der Waals surface area contributed by atoms with E-state index < -0.39 is 0 Å². The molecule has 0 aliphatic carbocycles. The Balaban J connectivity index is 2.69. The summed E-state index contributed by atoms with van der Waals surface area (Å²) >= 11 is 0.756. The van der Waals surface area contributed by atoms with Gasteiger partial charge in [0.25, 0.3) is 0 Å². The van der Waals surface area contributed by atoms with Gasteiger partial charge in [0, 0.05) is 0 Å². The molecule has 0 N–H and O–H groups in total. The fourth-order valence-electron chi connectivity index (χ4n) is 0.466. The van der Waals surface area contributed by atoms with Crippen LogP contribution in [0, 0.1) is 11.3 Å². The number of nitrogens with zero attached hydrogens (tertiary/aromatic N) is 1. The Labute approximate surface area is 63.6 Å². The Kier molecular flexibility index (Phi) is 8.02. The normalized spacial score (nSPS) is 8.89. The Hall–Kier alpha value is 0.00948. The second kappa shape index (κ2) is 8.01. The van der Waals surface area contributed by atoms with Gasteiger partial charge in [0.15, 0.2) is 0 Å². The van der Waals surface area contributed by atoms with Gasteiger partial charge in [-0.1, -0.05) is 0 Å². The Morgan fingerprint density at radius 3 is 2.78 bits per heavy atom. The van der Waals surface area contributed by atoms with Gasteiger partial charge in [-0.05, 0) is 0 Å². The summed E-state index contributed by atoms with van der Waals surface area (Å²) in [6.07, 6.45) is 3.42. The molecule has 0 rings (SSSR count). The van der Waals surface area contributed by atoms with E-state index in [1.54, 1.807) is 0 Å². The monoisotopic (exact) mass is 191 g/mol. The van der Waals surface area contributed by atoms with Crippen molar-refractivity contribution in [2.75, 3.05) is 0 Å². The number of rotatable bonds is 5. The number of hydrogen-bond acceptors (Lipinski definition) is 1. The zero-order chi connectivity index (χ0) is 6.95. The molecule has 0 aromatic carbocycles. The molecule has 0 aliphatic heterocycles. The first-order valence-corrected chi connectivity index (χ1v) is 5.78. The summed E-state index contributed by atoms with van der Waals surface area (Å²) in [6, 6.07) is 2.16. The summed E-state index contributed by atoms with van der Waals surface area (Å²) in [5.74, 6) is 0. The molecule has 0 saturated carbocycles. The van der Waals surface area contributed by atoms with Crippen molar-refractivity contribution in [2.45, 2.75) is 36.8 Å². The molecule has 0 aliphatic rings. The fraction of sp³-hybridized carbons (Fsp3) is 0.857. The van der Waals surface area contributed by atoms with Gasteiger partial charge in [0.2, 0.25) is 0 Å². The van der Waals surface area contributed by atoms with E-state index >= 15 is 0 Å². The van der Waals surface area contributed by atoms with Crippen molar-refractivity contribution < 1.29 is 0 Å². The zero-order valence-electron chi connectivity index (χ0n) is 5.89. The predicted molar refractivity (Wildman–Crippen MR) is 40.5 cm³/mol. The maximum atomic E-state index is 8.18. The van der Waals surface area contributed by atoms with Crippen molar-refractivity contribution >= 4 is 15.0 Å². The zero-order valence-corrected chi connectivity index (χ0v) is 7.60. The van der Waals surface area contributed by atoms with Crippen LogP contribution in [0.1, 0.15) is 26.2 Å². The summed E-state index contributed by atoms with van der Waals surface area (Å²) in [5.41, 5.74) is 0. The third-order valence-electron chi connectivity index (χ3n) is 1.00. The van der Waals surface area contributed by atoms with Crippen molar-refractivity contribution in [3.05, 3.63) is 0 Å². The van der Waals surface area contributed by atoms with Crippen molar-refractivity contribution in [2.24, 2.45) is 0 Å². The average Bonchev–Trinajstić information content (AvgIpc) is 1.89. The summed E-state index contributed by atoms with van der Waals surface area (Å²) in [4.78, 5) is 0. The molecule has 0 unspecified atom stereocenters. The van der Waals surface area contributed by atoms with E-state index in [-0.39, 0.29) is 0 Å². The fourth-order valence-corrected chi connectivity index (χ4v) is 2.42. The molecule has 0 radical (unpaired) electrons. The van der Waals surface area contributed by atoms with Gasteiger partial charge in [-0.3, -0.25) is 0 Å². The Morgan fingerprint density at radius 1 is 1.44 bits per heavy atom. The van der Waals surface area contributed by atoms with Crippen LogP contribution in [0.15, 0.2) is 0 Å². The van der Waals surface area contributed by atoms with Crippen LogP contribution in [-0.2, 0) is 0 Å². The van der Waals surface area contributed by atoms with Crippen LogP contribution in [0.3, 0.4) is 0 Å². The van der Waals surface area contributed by atoms with Crippen molar-refractivity contribution in [1.29, 1.82) is 5.26 Å². The van der Waals surface area contributed by atoms with Crippen LogP contribution in [0.2, 0.25) is 10.6 Å². The van der Waals surface area contributed by atoms with E-state index in [4.69, 9.17) is 5.26 Å². The van der Waals surface area contributed by atoms with E-state index in [0.29, 0.717) is 0 Å².